The molecule has 0 spiro atoms. The second-order valence-corrected chi connectivity index (χ2v) is 5.65. The lowest BCUT2D eigenvalue weighted by Gasteiger charge is -2.24. The molecule has 0 amide bonds. The summed E-state index contributed by atoms with van der Waals surface area (Å²) >= 11 is 0. The zero-order valence-electron chi connectivity index (χ0n) is 10.4. The molecule has 1 heterocycles. The Morgan fingerprint density at radius 3 is 2.69 bits per heavy atom. The van der Waals surface area contributed by atoms with Crippen molar-refractivity contribution in [2.75, 3.05) is 0 Å². The standard InChI is InChI=1S/C12H21N3O/c1-8-5-4-6-9(7-8)10-14-11(16-15-10)12(2,3)13/h8-9H,4-7,13H2,1-3H3. The van der Waals surface area contributed by atoms with Crippen LogP contribution in [0.25, 0.3) is 0 Å². The van der Waals surface area contributed by atoms with Gasteiger partial charge < -0.3 is 10.3 Å². The quantitative estimate of drug-likeness (QED) is 0.836. The first-order valence-electron chi connectivity index (χ1n) is 6.10. The highest BCUT2D eigenvalue weighted by atomic mass is 16.5. The molecule has 16 heavy (non-hydrogen) atoms. The normalized spacial score (nSPS) is 27.0. The zero-order chi connectivity index (χ0) is 11.8. The van der Waals surface area contributed by atoms with E-state index in [0.717, 1.165) is 11.7 Å². The van der Waals surface area contributed by atoms with Crippen LogP contribution in [0.5, 0.6) is 0 Å². The fourth-order valence-corrected chi connectivity index (χ4v) is 2.33. The summed E-state index contributed by atoms with van der Waals surface area (Å²) in [6.07, 6.45) is 4.93. The summed E-state index contributed by atoms with van der Waals surface area (Å²) in [5, 5.41) is 4.07. The summed E-state index contributed by atoms with van der Waals surface area (Å²) in [6, 6.07) is 0. The zero-order valence-corrected chi connectivity index (χ0v) is 10.4. The lowest BCUT2D eigenvalue weighted by molar-refractivity contribution is 0.298. The minimum Gasteiger partial charge on any atom is -0.337 e. The van der Waals surface area contributed by atoms with Gasteiger partial charge >= 0.3 is 0 Å². The molecule has 2 atom stereocenters. The van der Waals surface area contributed by atoms with Crippen LogP contribution >= 0.6 is 0 Å². The van der Waals surface area contributed by atoms with Crippen LogP contribution < -0.4 is 5.73 Å². The average molecular weight is 223 g/mol. The van der Waals surface area contributed by atoms with Gasteiger partial charge in [0.25, 0.3) is 0 Å². The molecule has 2 rings (SSSR count). The Balaban J connectivity index is 2.12. The molecule has 0 saturated heterocycles. The SMILES string of the molecule is CC1CCCC(c2noc(C(C)(C)N)n2)C1. The highest BCUT2D eigenvalue weighted by Gasteiger charge is 2.28. The van der Waals surface area contributed by atoms with Gasteiger partial charge in [-0.1, -0.05) is 24.9 Å². The molecule has 90 valence electrons. The molecule has 1 saturated carbocycles. The van der Waals surface area contributed by atoms with Crippen LogP contribution in [-0.2, 0) is 5.54 Å². The Kier molecular flexibility index (Phi) is 3.02. The van der Waals surface area contributed by atoms with Crippen LogP contribution in [0, 0.1) is 5.92 Å². The van der Waals surface area contributed by atoms with Gasteiger partial charge in [0, 0.05) is 5.92 Å². The van der Waals surface area contributed by atoms with E-state index in [1.165, 1.54) is 25.7 Å². The fraction of sp³-hybridized carbons (Fsp3) is 0.833. The van der Waals surface area contributed by atoms with Crippen molar-refractivity contribution in [3.05, 3.63) is 11.7 Å². The molecule has 1 aromatic heterocycles. The summed E-state index contributed by atoms with van der Waals surface area (Å²) in [5.41, 5.74) is 5.39. The first-order valence-corrected chi connectivity index (χ1v) is 6.10. The minimum atomic E-state index is -0.536. The first-order chi connectivity index (χ1) is 7.47. The number of hydrogen-bond donors (Lipinski definition) is 1. The minimum absolute atomic E-state index is 0.462. The van der Waals surface area contributed by atoms with Crippen LogP contribution in [0.1, 0.15) is 64.1 Å². The van der Waals surface area contributed by atoms with E-state index in [0.29, 0.717) is 11.8 Å². The number of aromatic nitrogens is 2. The Bertz CT molecular complexity index is 353. The van der Waals surface area contributed by atoms with Gasteiger partial charge in [-0.05, 0) is 32.6 Å². The second kappa shape index (κ2) is 4.17. The van der Waals surface area contributed by atoms with Crippen LogP contribution in [0.15, 0.2) is 4.52 Å². The predicted octanol–water partition coefficient (Wildman–Crippen LogP) is 2.56. The van der Waals surface area contributed by atoms with E-state index in [2.05, 4.69) is 17.1 Å². The van der Waals surface area contributed by atoms with Crippen molar-refractivity contribution in [1.29, 1.82) is 0 Å². The maximum atomic E-state index is 5.93. The van der Waals surface area contributed by atoms with Crippen LogP contribution in [0.2, 0.25) is 0 Å². The first kappa shape index (κ1) is 11.6. The highest BCUT2D eigenvalue weighted by Crippen LogP contribution is 2.34. The molecule has 1 aromatic rings. The maximum absolute atomic E-state index is 5.93. The van der Waals surface area contributed by atoms with Crippen molar-refractivity contribution in [3.8, 4) is 0 Å². The maximum Gasteiger partial charge on any atom is 0.246 e. The molecular weight excluding hydrogens is 202 g/mol. The molecular formula is C12H21N3O. The Morgan fingerprint density at radius 2 is 2.12 bits per heavy atom. The van der Waals surface area contributed by atoms with E-state index in [4.69, 9.17) is 10.3 Å². The van der Waals surface area contributed by atoms with Crippen LogP contribution in [-0.4, -0.2) is 10.1 Å². The molecule has 2 unspecified atom stereocenters. The van der Waals surface area contributed by atoms with Gasteiger partial charge in [-0.2, -0.15) is 4.98 Å². The molecule has 0 bridgehead atoms. The average Bonchev–Trinajstić information content (AvgIpc) is 2.65. The second-order valence-electron chi connectivity index (χ2n) is 5.65. The van der Waals surface area contributed by atoms with Crippen molar-refractivity contribution in [1.82, 2.24) is 10.1 Å². The molecule has 0 aliphatic heterocycles. The van der Waals surface area contributed by atoms with Gasteiger partial charge in [-0.25, -0.2) is 0 Å². The molecule has 1 fully saturated rings. The summed E-state index contributed by atoms with van der Waals surface area (Å²) < 4.78 is 5.23. The summed E-state index contributed by atoms with van der Waals surface area (Å²) in [4.78, 5) is 4.44. The monoisotopic (exact) mass is 223 g/mol. The lowest BCUT2D eigenvalue weighted by Crippen LogP contribution is -2.29. The van der Waals surface area contributed by atoms with Crippen molar-refractivity contribution in [3.63, 3.8) is 0 Å². The topological polar surface area (TPSA) is 64.9 Å². The van der Waals surface area contributed by atoms with Gasteiger partial charge in [0.05, 0.1) is 5.54 Å². The van der Waals surface area contributed by atoms with Gasteiger partial charge in [0.15, 0.2) is 5.82 Å². The molecule has 4 heteroatoms. The van der Waals surface area contributed by atoms with Gasteiger partial charge in [-0.3, -0.25) is 0 Å². The van der Waals surface area contributed by atoms with E-state index in [9.17, 15) is 0 Å². The number of nitrogens with zero attached hydrogens (tertiary/aromatic N) is 2. The van der Waals surface area contributed by atoms with Crippen molar-refractivity contribution < 1.29 is 4.52 Å². The molecule has 4 nitrogen and oxygen atoms in total. The van der Waals surface area contributed by atoms with Gasteiger partial charge in [0.1, 0.15) is 0 Å². The van der Waals surface area contributed by atoms with Crippen molar-refractivity contribution in [2.45, 2.75) is 57.9 Å². The Labute approximate surface area is 96.6 Å². The molecule has 1 aliphatic carbocycles. The fourth-order valence-electron chi connectivity index (χ4n) is 2.33. The van der Waals surface area contributed by atoms with Crippen LogP contribution in [0.4, 0.5) is 0 Å². The third-order valence-corrected chi connectivity index (χ3v) is 3.29. The van der Waals surface area contributed by atoms with E-state index in [1.807, 2.05) is 13.8 Å². The number of rotatable bonds is 2. The Morgan fingerprint density at radius 1 is 1.38 bits per heavy atom. The van der Waals surface area contributed by atoms with E-state index in [-0.39, 0.29) is 0 Å². The predicted molar refractivity (Wildman–Crippen MR) is 61.9 cm³/mol. The molecule has 0 aromatic carbocycles. The number of nitrogens with two attached hydrogens (primary N) is 1. The highest BCUT2D eigenvalue weighted by molar-refractivity contribution is 5.02. The molecule has 2 N–H and O–H groups in total. The smallest absolute Gasteiger partial charge is 0.246 e. The van der Waals surface area contributed by atoms with E-state index in [1.54, 1.807) is 0 Å². The Hall–Kier alpha value is -0.900. The summed E-state index contributed by atoms with van der Waals surface area (Å²) in [6.45, 7) is 6.06. The van der Waals surface area contributed by atoms with Crippen LogP contribution in [0.3, 0.4) is 0 Å². The van der Waals surface area contributed by atoms with E-state index < -0.39 is 5.54 Å². The van der Waals surface area contributed by atoms with E-state index >= 15 is 0 Å². The lowest BCUT2D eigenvalue weighted by atomic mass is 9.82. The van der Waals surface area contributed by atoms with Crippen molar-refractivity contribution >= 4 is 0 Å². The van der Waals surface area contributed by atoms with Gasteiger partial charge in [0.2, 0.25) is 5.89 Å². The summed E-state index contributed by atoms with van der Waals surface area (Å²) in [7, 11) is 0. The molecule has 1 aliphatic rings. The summed E-state index contributed by atoms with van der Waals surface area (Å²) in [5.74, 6) is 2.62. The largest absolute Gasteiger partial charge is 0.337 e. The van der Waals surface area contributed by atoms with Crippen molar-refractivity contribution in [2.24, 2.45) is 11.7 Å². The third kappa shape index (κ3) is 2.43. The molecule has 0 radical (unpaired) electrons. The van der Waals surface area contributed by atoms with Gasteiger partial charge in [-0.15, -0.1) is 0 Å². The third-order valence-electron chi connectivity index (χ3n) is 3.29. The number of hydrogen-bond acceptors (Lipinski definition) is 4.